The van der Waals surface area contributed by atoms with Crippen molar-refractivity contribution in [2.75, 3.05) is 0 Å². The summed E-state index contributed by atoms with van der Waals surface area (Å²) in [7, 11) is -3.03. The Kier molecular flexibility index (Phi) is 9.32. The van der Waals surface area contributed by atoms with Crippen molar-refractivity contribution in [2.45, 2.75) is 13.8 Å². The summed E-state index contributed by atoms with van der Waals surface area (Å²) in [4.78, 5) is 8.00. The predicted molar refractivity (Wildman–Crippen MR) is 90.5 cm³/mol. The highest BCUT2D eigenvalue weighted by Gasteiger charge is 2.19. The van der Waals surface area contributed by atoms with Gasteiger partial charge >= 0.3 is 0 Å². The summed E-state index contributed by atoms with van der Waals surface area (Å²) < 4.78 is 24.5. The van der Waals surface area contributed by atoms with Crippen LogP contribution in [0.2, 0.25) is 0 Å². The highest BCUT2D eigenvalue weighted by atomic mass is 33.1. The van der Waals surface area contributed by atoms with Crippen LogP contribution in [0, 0.1) is 0 Å². The predicted octanol–water partition coefficient (Wildman–Crippen LogP) is 3.84. The molecular weight excluding hydrogens is 292 g/mol. The van der Waals surface area contributed by atoms with Gasteiger partial charge in [0.15, 0.2) is 0 Å². The molecule has 0 bridgehead atoms. The fraction of sp³-hybridized carbons (Fsp3) is 0.143. The Bertz CT molecular complexity index is 580. The second kappa shape index (κ2) is 10.2. The molecule has 4 nitrogen and oxygen atoms in total. The summed E-state index contributed by atoms with van der Waals surface area (Å²) in [6.45, 7) is 10.5. The van der Waals surface area contributed by atoms with Gasteiger partial charge in [0.1, 0.15) is 0 Å². The van der Waals surface area contributed by atoms with Gasteiger partial charge in [-0.25, -0.2) is 18.4 Å². The molecule has 0 aliphatic carbocycles. The minimum absolute atomic E-state index is 0.108. The number of allylic oxidation sites excluding steroid dienone is 6. The Balaban J connectivity index is 5.49. The van der Waals surface area contributed by atoms with Gasteiger partial charge in [0.2, 0.25) is 14.0 Å². The Morgan fingerprint density at radius 3 is 2.40 bits per heavy atom. The molecule has 0 amide bonds. The maximum atomic E-state index is 12.3. The number of rotatable bonds is 6. The SMILES string of the molecule is C=C/C=C\C(=C/C=C)S(=O)(=O)SC(/N=C\C)=N/C=C\C. The van der Waals surface area contributed by atoms with E-state index in [1.54, 1.807) is 26.0 Å². The first kappa shape index (κ1) is 18.3. The third kappa shape index (κ3) is 7.06. The normalized spacial score (nSPS) is 14.5. The number of hydrogen-bond acceptors (Lipinski definition) is 4. The summed E-state index contributed by atoms with van der Waals surface area (Å²) in [5, 5.41) is 0.146. The van der Waals surface area contributed by atoms with Crippen molar-refractivity contribution in [3.8, 4) is 0 Å². The highest BCUT2D eigenvalue weighted by Crippen LogP contribution is 2.25. The number of nitrogens with zero attached hydrogens (tertiary/aromatic N) is 2. The lowest BCUT2D eigenvalue weighted by Gasteiger charge is -2.03. The van der Waals surface area contributed by atoms with Gasteiger partial charge in [-0.15, -0.1) is 0 Å². The summed E-state index contributed by atoms with van der Waals surface area (Å²) in [6.07, 6.45) is 12.0. The number of aliphatic imine (C=N–C) groups is 2. The standard InChI is InChI=1S/C14H18N2O2S2/c1-5-9-11-13(10-6-2)20(17,18)19-14(15-8-4)16-12-7-3/h5-12H,1-2H2,3-4H3/b11-9-,12-7-,13-10+,15-8-,16-14+. The zero-order valence-corrected chi connectivity index (χ0v) is 13.2. The van der Waals surface area contributed by atoms with Crippen molar-refractivity contribution in [2.24, 2.45) is 9.98 Å². The van der Waals surface area contributed by atoms with Crippen LogP contribution >= 0.6 is 10.8 Å². The summed E-state index contributed by atoms with van der Waals surface area (Å²) in [5.41, 5.74) is 0. The third-order valence-corrected chi connectivity index (χ3v) is 4.84. The van der Waals surface area contributed by atoms with Gasteiger partial charge in [-0.2, -0.15) is 0 Å². The highest BCUT2D eigenvalue weighted by molar-refractivity contribution is 8.79. The molecule has 0 aliphatic heterocycles. The van der Waals surface area contributed by atoms with Crippen LogP contribution in [0.25, 0.3) is 0 Å². The van der Waals surface area contributed by atoms with Crippen molar-refractivity contribution in [1.82, 2.24) is 0 Å². The lowest BCUT2D eigenvalue weighted by atomic mass is 10.4. The van der Waals surface area contributed by atoms with Crippen molar-refractivity contribution in [3.05, 3.63) is 60.7 Å². The maximum Gasteiger partial charge on any atom is 0.237 e. The molecule has 0 heterocycles. The molecule has 0 aromatic rings. The van der Waals surface area contributed by atoms with E-state index in [4.69, 9.17) is 0 Å². The zero-order chi connectivity index (χ0) is 15.4. The van der Waals surface area contributed by atoms with Gasteiger partial charge in [0.25, 0.3) is 0 Å². The summed E-state index contributed by atoms with van der Waals surface area (Å²) in [5.74, 6) is 0. The fourth-order valence-electron chi connectivity index (χ4n) is 0.973. The summed E-state index contributed by atoms with van der Waals surface area (Å²) in [6, 6.07) is 0. The molecule has 0 radical (unpaired) electrons. The molecule has 0 fully saturated rings. The first-order chi connectivity index (χ1) is 9.51. The van der Waals surface area contributed by atoms with E-state index in [0.29, 0.717) is 10.8 Å². The van der Waals surface area contributed by atoms with Gasteiger partial charge in [-0.3, -0.25) is 0 Å². The van der Waals surface area contributed by atoms with E-state index in [9.17, 15) is 8.42 Å². The Morgan fingerprint density at radius 1 is 1.20 bits per heavy atom. The molecule has 0 aromatic carbocycles. The average molecular weight is 310 g/mol. The average Bonchev–Trinajstić information content (AvgIpc) is 2.40. The topological polar surface area (TPSA) is 58.9 Å². The molecule has 0 atom stereocenters. The third-order valence-electron chi connectivity index (χ3n) is 1.73. The molecule has 0 aliphatic rings. The minimum Gasteiger partial charge on any atom is -0.235 e. The van der Waals surface area contributed by atoms with Crippen LogP contribution in [0.15, 0.2) is 70.7 Å². The van der Waals surface area contributed by atoms with Crippen LogP contribution in [0.5, 0.6) is 0 Å². The molecule has 20 heavy (non-hydrogen) atoms. The van der Waals surface area contributed by atoms with Crippen molar-refractivity contribution < 1.29 is 8.42 Å². The number of amidine groups is 1. The molecule has 0 saturated carbocycles. The largest absolute Gasteiger partial charge is 0.237 e. The fourth-order valence-corrected chi connectivity index (χ4v) is 3.49. The van der Waals surface area contributed by atoms with E-state index in [2.05, 4.69) is 23.1 Å². The van der Waals surface area contributed by atoms with E-state index in [1.807, 2.05) is 0 Å². The van der Waals surface area contributed by atoms with Gasteiger partial charge in [0, 0.05) is 23.2 Å². The van der Waals surface area contributed by atoms with Crippen LogP contribution in [0.4, 0.5) is 0 Å². The molecule has 0 rings (SSSR count). The lowest BCUT2D eigenvalue weighted by Crippen LogP contribution is -2.01. The lowest BCUT2D eigenvalue weighted by molar-refractivity contribution is 0.616. The molecule has 0 spiro atoms. The quantitative estimate of drug-likeness (QED) is 0.324. The number of hydrogen-bond donors (Lipinski definition) is 0. The second-order valence-corrected chi connectivity index (χ2v) is 6.95. The van der Waals surface area contributed by atoms with Gasteiger partial charge in [-0.05, 0) is 26.0 Å². The molecule has 6 heteroatoms. The van der Waals surface area contributed by atoms with Crippen LogP contribution in [-0.2, 0) is 8.87 Å². The smallest absolute Gasteiger partial charge is 0.235 e. The van der Waals surface area contributed by atoms with E-state index in [1.165, 1.54) is 36.7 Å². The first-order valence-electron chi connectivity index (χ1n) is 5.75. The monoisotopic (exact) mass is 310 g/mol. The van der Waals surface area contributed by atoms with Crippen LogP contribution in [0.3, 0.4) is 0 Å². The molecule has 0 N–H and O–H groups in total. The Labute approximate surface area is 124 Å². The van der Waals surface area contributed by atoms with Crippen molar-refractivity contribution in [3.63, 3.8) is 0 Å². The van der Waals surface area contributed by atoms with Gasteiger partial charge in [-0.1, -0.05) is 37.5 Å². The molecule has 0 saturated heterocycles. The molecule has 0 aromatic heterocycles. The van der Waals surface area contributed by atoms with Crippen molar-refractivity contribution >= 4 is 31.0 Å². The first-order valence-corrected chi connectivity index (χ1v) is 8.57. The Hall–Kier alpha value is -1.66. The van der Waals surface area contributed by atoms with Gasteiger partial charge < -0.3 is 0 Å². The molecule has 108 valence electrons. The van der Waals surface area contributed by atoms with Crippen LogP contribution in [0.1, 0.15) is 13.8 Å². The van der Waals surface area contributed by atoms with E-state index in [-0.39, 0.29) is 10.1 Å². The van der Waals surface area contributed by atoms with Crippen molar-refractivity contribution in [1.29, 1.82) is 0 Å². The van der Waals surface area contributed by atoms with Gasteiger partial charge in [0.05, 0.1) is 4.91 Å². The van der Waals surface area contributed by atoms with E-state index >= 15 is 0 Å². The van der Waals surface area contributed by atoms with E-state index in [0.717, 1.165) is 0 Å². The summed E-state index contributed by atoms with van der Waals surface area (Å²) >= 11 is 0. The maximum absolute atomic E-state index is 12.3. The van der Waals surface area contributed by atoms with E-state index < -0.39 is 8.87 Å². The minimum atomic E-state index is -3.62. The molecular formula is C14H18N2O2S2. The molecule has 0 unspecified atom stereocenters. The second-order valence-electron chi connectivity index (χ2n) is 3.22. The van der Waals surface area contributed by atoms with Crippen LogP contribution in [-0.4, -0.2) is 19.8 Å². The Morgan fingerprint density at radius 2 is 1.90 bits per heavy atom. The van der Waals surface area contributed by atoms with Crippen LogP contribution < -0.4 is 0 Å². The zero-order valence-electron chi connectivity index (χ0n) is 11.6.